The molecule has 0 radical (unpaired) electrons. The third kappa shape index (κ3) is 3.79. The molecule has 1 aromatic heterocycles. The van der Waals surface area contributed by atoms with Gasteiger partial charge in [0.2, 0.25) is 0 Å². The Morgan fingerprint density at radius 2 is 1.65 bits per heavy atom. The van der Waals surface area contributed by atoms with E-state index in [1.165, 1.54) is 7.11 Å². The van der Waals surface area contributed by atoms with E-state index < -0.39 is 5.97 Å². The number of hydrogen-bond donors (Lipinski definition) is 1. The molecule has 0 aliphatic heterocycles. The first-order valence-corrected chi connectivity index (χ1v) is 8.61. The Labute approximate surface area is 155 Å². The first-order valence-electron chi connectivity index (χ1n) is 7.79. The van der Waals surface area contributed by atoms with Crippen molar-refractivity contribution in [2.75, 3.05) is 12.5 Å². The van der Waals surface area contributed by atoms with Gasteiger partial charge in [-0.25, -0.2) is 4.79 Å². The van der Waals surface area contributed by atoms with Crippen LogP contribution in [-0.4, -0.2) is 18.8 Å². The van der Waals surface area contributed by atoms with Crippen LogP contribution in [0.5, 0.6) is 0 Å². The van der Waals surface area contributed by atoms with Gasteiger partial charge in [-0.1, -0.05) is 60.7 Å². The molecule has 0 unspecified atom stereocenters. The van der Waals surface area contributed by atoms with Crippen LogP contribution < -0.4 is 5.43 Å². The number of thiophene rings is 1. The highest BCUT2D eigenvalue weighted by molar-refractivity contribution is 7.15. The molecule has 0 spiro atoms. The highest BCUT2D eigenvalue weighted by Gasteiger charge is 2.15. The molecule has 0 amide bonds. The predicted octanol–water partition coefficient (Wildman–Crippen LogP) is 4.27. The molecule has 1 heterocycles. The van der Waals surface area contributed by atoms with Crippen LogP contribution in [0.2, 0.25) is 0 Å². The molecule has 26 heavy (non-hydrogen) atoms. The van der Waals surface area contributed by atoms with Crippen molar-refractivity contribution in [2.45, 2.75) is 0 Å². The van der Waals surface area contributed by atoms with E-state index in [1.54, 1.807) is 6.07 Å². The SMILES string of the molecule is COC(=O)c1cc(NN=C(c2ccccc2)c2ccccc2)c(C#N)s1. The molecular formula is C20H15N3O2S. The number of ether oxygens (including phenoxy) is 1. The Kier molecular flexibility index (Phi) is 5.42. The minimum Gasteiger partial charge on any atom is -0.465 e. The molecular weight excluding hydrogens is 346 g/mol. The lowest BCUT2D eigenvalue weighted by Crippen LogP contribution is -2.06. The maximum absolute atomic E-state index is 11.7. The number of methoxy groups -OCH3 is 1. The molecule has 3 rings (SSSR count). The van der Waals surface area contributed by atoms with Crippen molar-refractivity contribution < 1.29 is 9.53 Å². The Bertz CT molecular complexity index is 932. The Hall–Kier alpha value is -3.43. The average Bonchev–Trinajstić information content (AvgIpc) is 3.12. The zero-order valence-electron chi connectivity index (χ0n) is 14.0. The van der Waals surface area contributed by atoms with Gasteiger partial charge in [-0.15, -0.1) is 11.3 Å². The Morgan fingerprint density at radius 3 is 2.15 bits per heavy atom. The fourth-order valence-electron chi connectivity index (χ4n) is 2.36. The standard InChI is InChI=1S/C20H15N3O2S/c1-25-20(24)17-12-16(18(13-21)26-17)22-23-19(14-8-4-2-5-9-14)15-10-6-3-7-11-15/h2-12,22H,1H3. The van der Waals surface area contributed by atoms with E-state index in [-0.39, 0.29) is 0 Å². The molecule has 1 N–H and O–H groups in total. The lowest BCUT2D eigenvalue weighted by atomic mass is 10.0. The van der Waals surface area contributed by atoms with E-state index in [0.29, 0.717) is 15.4 Å². The summed E-state index contributed by atoms with van der Waals surface area (Å²) >= 11 is 1.07. The van der Waals surface area contributed by atoms with Crippen LogP contribution in [0.4, 0.5) is 5.69 Å². The lowest BCUT2D eigenvalue weighted by Gasteiger charge is -2.08. The van der Waals surface area contributed by atoms with Gasteiger partial charge >= 0.3 is 5.97 Å². The van der Waals surface area contributed by atoms with Gasteiger partial charge in [0.1, 0.15) is 15.8 Å². The zero-order chi connectivity index (χ0) is 18.4. The summed E-state index contributed by atoms with van der Waals surface area (Å²) in [4.78, 5) is 12.4. The summed E-state index contributed by atoms with van der Waals surface area (Å²) < 4.78 is 4.71. The van der Waals surface area contributed by atoms with Gasteiger partial charge in [-0.3, -0.25) is 5.43 Å². The summed E-state index contributed by atoms with van der Waals surface area (Å²) in [5.74, 6) is -0.477. The van der Waals surface area contributed by atoms with E-state index >= 15 is 0 Å². The van der Waals surface area contributed by atoms with Crippen LogP contribution >= 0.6 is 11.3 Å². The zero-order valence-corrected chi connectivity index (χ0v) is 14.8. The van der Waals surface area contributed by atoms with E-state index in [9.17, 15) is 10.1 Å². The number of nitrogens with zero attached hydrogens (tertiary/aromatic N) is 2. The fraction of sp³-hybridized carbons (Fsp3) is 0.0500. The maximum Gasteiger partial charge on any atom is 0.348 e. The second-order valence-corrected chi connectivity index (χ2v) is 6.31. The number of esters is 1. The van der Waals surface area contributed by atoms with Crippen molar-refractivity contribution in [3.05, 3.63) is 87.6 Å². The van der Waals surface area contributed by atoms with Gasteiger partial charge in [0.25, 0.3) is 0 Å². The summed E-state index contributed by atoms with van der Waals surface area (Å²) in [6.07, 6.45) is 0. The van der Waals surface area contributed by atoms with Gasteiger partial charge in [0.15, 0.2) is 0 Å². The first kappa shape index (κ1) is 17.4. The fourth-order valence-corrected chi connectivity index (χ4v) is 3.19. The molecule has 0 fully saturated rings. The number of nitrogens with one attached hydrogen (secondary N) is 1. The molecule has 6 heteroatoms. The predicted molar refractivity (Wildman–Crippen MR) is 103 cm³/mol. The highest BCUT2D eigenvalue weighted by Crippen LogP contribution is 2.27. The third-order valence-corrected chi connectivity index (χ3v) is 4.62. The van der Waals surface area contributed by atoms with Crippen molar-refractivity contribution in [1.29, 1.82) is 5.26 Å². The summed E-state index contributed by atoms with van der Waals surface area (Å²) in [6, 6.07) is 23.1. The molecule has 0 saturated heterocycles. The summed E-state index contributed by atoms with van der Waals surface area (Å²) in [5, 5.41) is 13.8. The average molecular weight is 361 g/mol. The van der Waals surface area contributed by atoms with Crippen molar-refractivity contribution in [3.63, 3.8) is 0 Å². The van der Waals surface area contributed by atoms with Crippen molar-refractivity contribution in [1.82, 2.24) is 0 Å². The molecule has 3 aromatic rings. The molecule has 2 aromatic carbocycles. The second-order valence-electron chi connectivity index (χ2n) is 5.26. The van der Waals surface area contributed by atoms with Crippen LogP contribution in [0, 0.1) is 11.3 Å². The molecule has 0 aliphatic carbocycles. The van der Waals surface area contributed by atoms with Crippen LogP contribution in [0.1, 0.15) is 25.7 Å². The highest BCUT2D eigenvalue weighted by atomic mass is 32.1. The van der Waals surface area contributed by atoms with Crippen LogP contribution in [0.3, 0.4) is 0 Å². The van der Waals surface area contributed by atoms with Crippen LogP contribution in [-0.2, 0) is 4.74 Å². The van der Waals surface area contributed by atoms with Crippen molar-refractivity contribution in [2.24, 2.45) is 5.10 Å². The quantitative estimate of drug-likeness (QED) is 0.418. The van der Waals surface area contributed by atoms with Gasteiger partial charge in [0, 0.05) is 11.1 Å². The first-order chi connectivity index (χ1) is 12.7. The summed E-state index contributed by atoms with van der Waals surface area (Å²) in [7, 11) is 1.31. The summed E-state index contributed by atoms with van der Waals surface area (Å²) in [6.45, 7) is 0. The van der Waals surface area contributed by atoms with Gasteiger partial charge in [-0.05, 0) is 6.07 Å². The minimum atomic E-state index is -0.477. The number of hydrogen-bond acceptors (Lipinski definition) is 6. The van der Waals surface area contributed by atoms with Crippen molar-refractivity contribution >= 4 is 28.7 Å². The smallest absolute Gasteiger partial charge is 0.348 e. The number of carbonyl (C=O) groups excluding carboxylic acids is 1. The number of anilines is 1. The monoisotopic (exact) mass is 361 g/mol. The van der Waals surface area contributed by atoms with E-state index in [4.69, 9.17) is 4.74 Å². The third-order valence-electron chi connectivity index (χ3n) is 3.60. The normalized spacial score (nSPS) is 9.85. The molecule has 5 nitrogen and oxygen atoms in total. The topological polar surface area (TPSA) is 74.5 Å². The number of hydrazone groups is 1. The van der Waals surface area contributed by atoms with E-state index in [1.807, 2.05) is 60.7 Å². The van der Waals surface area contributed by atoms with E-state index in [0.717, 1.165) is 28.2 Å². The van der Waals surface area contributed by atoms with Crippen LogP contribution in [0.15, 0.2) is 71.8 Å². The second kappa shape index (κ2) is 8.10. The van der Waals surface area contributed by atoms with Gasteiger partial charge in [0.05, 0.1) is 18.5 Å². The summed E-state index contributed by atoms with van der Waals surface area (Å²) in [5.41, 5.74) is 6.02. The Balaban J connectivity index is 1.99. The van der Waals surface area contributed by atoms with Crippen LogP contribution in [0.25, 0.3) is 0 Å². The largest absolute Gasteiger partial charge is 0.465 e. The number of nitriles is 1. The molecule has 128 valence electrons. The maximum atomic E-state index is 11.7. The number of carbonyl (C=O) groups is 1. The van der Waals surface area contributed by atoms with Gasteiger partial charge < -0.3 is 4.74 Å². The molecule has 0 atom stereocenters. The molecule has 0 aliphatic rings. The lowest BCUT2D eigenvalue weighted by molar-refractivity contribution is 0.0606. The Morgan fingerprint density at radius 1 is 1.08 bits per heavy atom. The number of benzene rings is 2. The van der Waals surface area contributed by atoms with Gasteiger partial charge in [-0.2, -0.15) is 10.4 Å². The van der Waals surface area contributed by atoms with Crippen molar-refractivity contribution in [3.8, 4) is 6.07 Å². The molecule has 0 bridgehead atoms. The minimum absolute atomic E-state index is 0.350. The van der Waals surface area contributed by atoms with E-state index in [2.05, 4.69) is 16.6 Å². The molecule has 0 saturated carbocycles. The number of rotatable bonds is 5.